The second-order valence-corrected chi connectivity index (χ2v) is 8.14. The Bertz CT molecular complexity index is 990. The lowest BCUT2D eigenvalue weighted by atomic mass is 10.1. The SMILES string of the molecule is O=C(c1ccc(N2C(=O)CCC2=O)cc1)N1CCCSC1=Nc1ccccc1Cl. The lowest BCUT2D eigenvalue weighted by Crippen LogP contribution is -2.39. The molecule has 2 aromatic carbocycles. The highest BCUT2D eigenvalue weighted by Gasteiger charge is 2.31. The Labute approximate surface area is 177 Å². The van der Waals surface area contributed by atoms with Crippen molar-refractivity contribution < 1.29 is 14.4 Å². The Morgan fingerprint density at radius 2 is 1.69 bits per heavy atom. The van der Waals surface area contributed by atoms with Crippen LogP contribution in [0.25, 0.3) is 0 Å². The molecule has 0 spiro atoms. The average molecular weight is 428 g/mol. The predicted octanol–water partition coefficient (Wildman–Crippen LogP) is 4.26. The first-order valence-corrected chi connectivity index (χ1v) is 10.6. The summed E-state index contributed by atoms with van der Waals surface area (Å²) in [5, 5.41) is 1.14. The van der Waals surface area contributed by atoms with E-state index in [-0.39, 0.29) is 30.6 Å². The van der Waals surface area contributed by atoms with E-state index in [4.69, 9.17) is 11.6 Å². The Morgan fingerprint density at radius 3 is 2.38 bits per heavy atom. The minimum absolute atomic E-state index is 0.173. The first-order valence-electron chi connectivity index (χ1n) is 9.28. The molecule has 2 fully saturated rings. The van der Waals surface area contributed by atoms with E-state index in [0.29, 0.717) is 33.7 Å². The normalized spacial score (nSPS) is 18.6. The van der Waals surface area contributed by atoms with Gasteiger partial charge in [0.25, 0.3) is 5.91 Å². The summed E-state index contributed by atoms with van der Waals surface area (Å²) in [7, 11) is 0. The Kier molecular flexibility index (Phi) is 5.69. The standard InChI is InChI=1S/C21H18ClN3O3S/c22-16-4-1-2-5-17(16)23-21-24(12-3-13-29-21)20(28)14-6-8-15(9-7-14)25-18(26)10-11-19(25)27/h1-2,4-9H,3,10-13H2. The molecule has 8 heteroatoms. The third kappa shape index (κ3) is 4.06. The largest absolute Gasteiger partial charge is 0.287 e. The third-order valence-electron chi connectivity index (χ3n) is 4.73. The fourth-order valence-electron chi connectivity index (χ4n) is 3.26. The van der Waals surface area contributed by atoms with E-state index in [1.165, 1.54) is 16.7 Å². The van der Waals surface area contributed by atoms with Gasteiger partial charge < -0.3 is 0 Å². The molecule has 2 aliphatic rings. The van der Waals surface area contributed by atoms with Gasteiger partial charge in [0.1, 0.15) is 0 Å². The molecule has 148 valence electrons. The van der Waals surface area contributed by atoms with Crippen molar-refractivity contribution >= 4 is 57.6 Å². The van der Waals surface area contributed by atoms with Gasteiger partial charge in [0.05, 0.1) is 16.4 Å². The number of amides is 3. The number of para-hydroxylation sites is 1. The van der Waals surface area contributed by atoms with Gasteiger partial charge in [-0.15, -0.1) is 0 Å². The van der Waals surface area contributed by atoms with E-state index >= 15 is 0 Å². The Balaban J connectivity index is 1.58. The summed E-state index contributed by atoms with van der Waals surface area (Å²) < 4.78 is 0. The van der Waals surface area contributed by atoms with Crippen LogP contribution in [0.2, 0.25) is 5.02 Å². The Hall–Kier alpha value is -2.64. The van der Waals surface area contributed by atoms with E-state index in [1.807, 2.05) is 18.2 Å². The second kappa shape index (κ2) is 8.39. The van der Waals surface area contributed by atoms with Gasteiger partial charge >= 0.3 is 0 Å². The summed E-state index contributed by atoms with van der Waals surface area (Å²) in [6, 6.07) is 13.8. The van der Waals surface area contributed by atoms with Crippen molar-refractivity contribution in [2.45, 2.75) is 19.3 Å². The number of imide groups is 1. The average Bonchev–Trinajstić information content (AvgIpc) is 3.08. The number of hydrogen-bond acceptors (Lipinski definition) is 5. The molecular weight excluding hydrogens is 410 g/mol. The van der Waals surface area contributed by atoms with Crippen LogP contribution < -0.4 is 4.90 Å². The number of benzene rings is 2. The van der Waals surface area contributed by atoms with Crippen LogP contribution in [-0.2, 0) is 9.59 Å². The minimum atomic E-state index is -0.212. The van der Waals surface area contributed by atoms with Crippen LogP contribution in [0.4, 0.5) is 11.4 Å². The molecule has 29 heavy (non-hydrogen) atoms. The lowest BCUT2D eigenvalue weighted by molar-refractivity contribution is -0.121. The second-order valence-electron chi connectivity index (χ2n) is 6.67. The molecule has 0 bridgehead atoms. The molecule has 0 saturated carbocycles. The molecule has 4 rings (SSSR count). The summed E-state index contributed by atoms with van der Waals surface area (Å²) >= 11 is 7.73. The molecule has 2 aliphatic heterocycles. The van der Waals surface area contributed by atoms with E-state index < -0.39 is 0 Å². The monoisotopic (exact) mass is 427 g/mol. The van der Waals surface area contributed by atoms with Crippen molar-refractivity contribution in [3.8, 4) is 0 Å². The van der Waals surface area contributed by atoms with Crippen LogP contribution in [0.5, 0.6) is 0 Å². The maximum absolute atomic E-state index is 13.1. The molecule has 0 radical (unpaired) electrons. The third-order valence-corrected chi connectivity index (χ3v) is 6.11. The zero-order valence-electron chi connectivity index (χ0n) is 15.5. The number of aliphatic imine (C=N–C) groups is 1. The molecule has 0 aliphatic carbocycles. The summed E-state index contributed by atoms with van der Waals surface area (Å²) in [5.74, 6) is 0.283. The van der Waals surface area contributed by atoms with Crippen molar-refractivity contribution in [1.82, 2.24) is 4.90 Å². The van der Waals surface area contributed by atoms with Crippen molar-refractivity contribution in [1.29, 1.82) is 0 Å². The van der Waals surface area contributed by atoms with Gasteiger partial charge in [-0.2, -0.15) is 0 Å². The van der Waals surface area contributed by atoms with Gasteiger partial charge in [-0.3, -0.25) is 24.2 Å². The van der Waals surface area contributed by atoms with Crippen LogP contribution in [0.3, 0.4) is 0 Å². The first-order chi connectivity index (χ1) is 14.0. The number of amidine groups is 1. The summed E-state index contributed by atoms with van der Waals surface area (Å²) in [4.78, 5) is 44.3. The zero-order valence-corrected chi connectivity index (χ0v) is 17.1. The molecule has 3 amide bonds. The predicted molar refractivity (Wildman–Crippen MR) is 115 cm³/mol. The molecule has 2 heterocycles. The molecule has 2 saturated heterocycles. The first kappa shape index (κ1) is 19.7. The quantitative estimate of drug-likeness (QED) is 0.686. The van der Waals surface area contributed by atoms with Gasteiger partial charge in [0.15, 0.2) is 5.17 Å². The smallest absolute Gasteiger partial charge is 0.259 e. The number of halogens is 1. The minimum Gasteiger partial charge on any atom is -0.287 e. The molecule has 6 nitrogen and oxygen atoms in total. The molecule has 0 unspecified atom stereocenters. The van der Waals surface area contributed by atoms with Crippen LogP contribution in [0.1, 0.15) is 29.6 Å². The van der Waals surface area contributed by atoms with Gasteiger partial charge in [0, 0.05) is 30.7 Å². The van der Waals surface area contributed by atoms with Crippen LogP contribution in [0.15, 0.2) is 53.5 Å². The lowest BCUT2D eigenvalue weighted by Gasteiger charge is -2.28. The van der Waals surface area contributed by atoms with Gasteiger partial charge in [-0.05, 0) is 42.8 Å². The van der Waals surface area contributed by atoms with Gasteiger partial charge in [-0.25, -0.2) is 4.99 Å². The van der Waals surface area contributed by atoms with Crippen LogP contribution >= 0.6 is 23.4 Å². The fraction of sp³-hybridized carbons (Fsp3) is 0.238. The fourth-order valence-corrected chi connectivity index (χ4v) is 4.39. The topological polar surface area (TPSA) is 70.1 Å². The molecular formula is C21H18ClN3O3S. The summed E-state index contributed by atoms with van der Waals surface area (Å²) in [6.07, 6.45) is 1.32. The van der Waals surface area contributed by atoms with E-state index in [9.17, 15) is 14.4 Å². The number of carbonyl (C=O) groups excluding carboxylic acids is 3. The number of hydrogen-bond donors (Lipinski definition) is 0. The maximum Gasteiger partial charge on any atom is 0.259 e. The molecule has 0 aromatic heterocycles. The highest BCUT2D eigenvalue weighted by Crippen LogP contribution is 2.29. The van der Waals surface area contributed by atoms with Crippen molar-refractivity contribution in [2.75, 3.05) is 17.2 Å². The number of anilines is 1. The van der Waals surface area contributed by atoms with E-state index in [1.54, 1.807) is 35.2 Å². The van der Waals surface area contributed by atoms with Crippen molar-refractivity contribution in [2.24, 2.45) is 4.99 Å². The number of thioether (sulfide) groups is 1. The van der Waals surface area contributed by atoms with Gasteiger partial charge in [0.2, 0.25) is 11.8 Å². The highest BCUT2D eigenvalue weighted by molar-refractivity contribution is 8.13. The van der Waals surface area contributed by atoms with E-state index in [0.717, 1.165) is 12.2 Å². The van der Waals surface area contributed by atoms with Crippen molar-refractivity contribution in [3.63, 3.8) is 0 Å². The number of nitrogens with zero attached hydrogens (tertiary/aromatic N) is 3. The van der Waals surface area contributed by atoms with Crippen molar-refractivity contribution in [3.05, 3.63) is 59.1 Å². The zero-order chi connectivity index (χ0) is 20.4. The van der Waals surface area contributed by atoms with Crippen LogP contribution in [0, 0.1) is 0 Å². The summed E-state index contributed by atoms with van der Waals surface area (Å²) in [6.45, 7) is 0.569. The maximum atomic E-state index is 13.1. The summed E-state index contributed by atoms with van der Waals surface area (Å²) in [5.41, 5.74) is 1.59. The number of carbonyl (C=O) groups is 3. The number of rotatable bonds is 3. The highest BCUT2D eigenvalue weighted by atomic mass is 35.5. The van der Waals surface area contributed by atoms with Gasteiger partial charge in [-0.1, -0.05) is 35.5 Å². The van der Waals surface area contributed by atoms with E-state index in [2.05, 4.69) is 4.99 Å². The Morgan fingerprint density at radius 1 is 1.00 bits per heavy atom. The molecule has 0 N–H and O–H groups in total. The van der Waals surface area contributed by atoms with Crippen LogP contribution in [-0.4, -0.2) is 40.1 Å². The molecule has 0 atom stereocenters. The molecule has 2 aromatic rings.